The Morgan fingerprint density at radius 2 is 2.14 bits per heavy atom. The first kappa shape index (κ1) is 10.2. The van der Waals surface area contributed by atoms with Gasteiger partial charge in [-0.25, -0.2) is 0 Å². The van der Waals surface area contributed by atoms with Gasteiger partial charge in [0.15, 0.2) is 6.29 Å². The van der Waals surface area contributed by atoms with Gasteiger partial charge in [0.05, 0.1) is 5.60 Å². The van der Waals surface area contributed by atoms with Crippen LogP contribution in [0.15, 0.2) is 11.6 Å². The summed E-state index contributed by atoms with van der Waals surface area (Å²) in [5.74, 6) is 0. The third-order valence-electron chi connectivity index (χ3n) is 4.03. The van der Waals surface area contributed by atoms with Crippen molar-refractivity contribution < 1.29 is 9.84 Å². The van der Waals surface area contributed by atoms with Crippen LogP contribution >= 0.6 is 0 Å². The second-order valence-electron chi connectivity index (χ2n) is 5.25. The van der Waals surface area contributed by atoms with Gasteiger partial charge in [-0.1, -0.05) is 19.9 Å². The van der Waals surface area contributed by atoms with Gasteiger partial charge in [0, 0.05) is 6.42 Å². The molecule has 1 saturated heterocycles. The van der Waals surface area contributed by atoms with E-state index in [2.05, 4.69) is 26.8 Å². The van der Waals surface area contributed by atoms with Crippen LogP contribution in [-0.2, 0) is 4.74 Å². The quantitative estimate of drug-likeness (QED) is 0.603. The lowest BCUT2D eigenvalue weighted by atomic mass is 9.64. The van der Waals surface area contributed by atoms with Crippen LogP contribution in [0.1, 0.15) is 46.5 Å². The van der Waals surface area contributed by atoms with Crippen molar-refractivity contribution >= 4 is 0 Å². The Bertz CT molecular complexity index is 267. The Kier molecular flexibility index (Phi) is 2.24. The second-order valence-corrected chi connectivity index (χ2v) is 5.25. The van der Waals surface area contributed by atoms with Gasteiger partial charge in [-0.2, -0.15) is 0 Å². The molecule has 0 aromatic heterocycles. The molecule has 1 spiro atoms. The van der Waals surface area contributed by atoms with Crippen molar-refractivity contribution in [2.24, 2.45) is 5.41 Å². The third-order valence-corrected chi connectivity index (χ3v) is 4.03. The molecule has 2 unspecified atom stereocenters. The maximum atomic E-state index is 9.55. The fourth-order valence-electron chi connectivity index (χ4n) is 3.01. The SMILES string of the molecule is CC1=CCCC(C)(C)C12CCC(O)O2. The summed E-state index contributed by atoms with van der Waals surface area (Å²) in [4.78, 5) is 0. The third kappa shape index (κ3) is 1.24. The highest BCUT2D eigenvalue weighted by atomic mass is 16.6. The Hall–Kier alpha value is -0.340. The summed E-state index contributed by atoms with van der Waals surface area (Å²) in [7, 11) is 0. The summed E-state index contributed by atoms with van der Waals surface area (Å²) < 4.78 is 5.80. The molecule has 1 heterocycles. The van der Waals surface area contributed by atoms with Gasteiger partial charge >= 0.3 is 0 Å². The Balaban J connectivity index is 2.37. The van der Waals surface area contributed by atoms with Gasteiger partial charge in [0.1, 0.15) is 0 Å². The lowest BCUT2D eigenvalue weighted by molar-refractivity contribution is -0.165. The average molecular weight is 196 g/mol. The first-order chi connectivity index (χ1) is 6.48. The van der Waals surface area contributed by atoms with Crippen molar-refractivity contribution in [3.63, 3.8) is 0 Å². The lowest BCUT2D eigenvalue weighted by Crippen LogP contribution is -2.47. The molecule has 0 radical (unpaired) electrons. The molecular formula is C12H20O2. The number of aliphatic hydroxyl groups excluding tert-OH is 1. The van der Waals surface area contributed by atoms with Crippen molar-refractivity contribution in [2.75, 3.05) is 0 Å². The van der Waals surface area contributed by atoms with E-state index in [9.17, 15) is 5.11 Å². The van der Waals surface area contributed by atoms with Crippen LogP contribution in [0.5, 0.6) is 0 Å². The van der Waals surface area contributed by atoms with Gasteiger partial charge in [-0.05, 0) is 37.2 Å². The maximum absolute atomic E-state index is 9.55. The largest absolute Gasteiger partial charge is 0.368 e. The molecule has 0 bridgehead atoms. The maximum Gasteiger partial charge on any atom is 0.155 e. The van der Waals surface area contributed by atoms with Gasteiger partial charge in [0.25, 0.3) is 0 Å². The van der Waals surface area contributed by atoms with E-state index in [0.29, 0.717) is 0 Å². The normalized spacial score (nSPS) is 41.4. The van der Waals surface area contributed by atoms with Crippen LogP contribution in [0.4, 0.5) is 0 Å². The molecule has 2 nitrogen and oxygen atoms in total. The molecule has 2 rings (SSSR count). The monoisotopic (exact) mass is 196 g/mol. The van der Waals surface area contributed by atoms with Gasteiger partial charge in [0.2, 0.25) is 0 Å². The van der Waals surface area contributed by atoms with E-state index in [1.54, 1.807) is 0 Å². The highest BCUT2D eigenvalue weighted by Gasteiger charge is 2.52. The van der Waals surface area contributed by atoms with Crippen molar-refractivity contribution in [1.82, 2.24) is 0 Å². The summed E-state index contributed by atoms with van der Waals surface area (Å²) in [5, 5.41) is 9.55. The first-order valence-corrected chi connectivity index (χ1v) is 5.51. The lowest BCUT2D eigenvalue weighted by Gasteiger charge is -2.47. The van der Waals surface area contributed by atoms with Gasteiger partial charge in [-0.15, -0.1) is 0 Å². The Morgan fingerprint density at radius 1 is 1.43 bits per heavy atom. The second kappa shape index (κ2) is 3.07. The van der Waals surface area contributed by atoms with Crippen LogP contribution in [0.2, 0.25) is 0 Å². The minimum Gasteiger partial charge on any atom is -0.368 e. The van der Waals surface area contributed by atoms with E-state index >= 15 is 0 Å². The van der Waals surface area contributed by atoms with Crippen molar-refractivity contribution in [2.45, 2.75) is 58.3 Å². The van der Waals surface area contributed by atoms with Crippen molar-refractivity contribution in [1.29, 1.82) is 0 Å². The molecule has 2 atom stereocenters. The number of rotatable bonds is 0. The Morgan fingerprint density at radius 3 is 2.64 bits per heavy atom. The van der Waals surface area contributed by atoms with E-state index in [1.807, 2.05) is 0 Å². The summed E-state index contributed by atoms with van der Waals surface area (Å²) in [6.07, 6.45) is 5.73. The van der Waals surface area contributed by atoms with E-state index in [4.69, 9.17) is 4.74 Å². The smallest absolute Gasteiger partial charge is 0.155 e. The van der Waals surface area contributed by atoms with Crippen LogP contribution in [0.3, 0.4) is 0 Å². The van der Waals surface area contributed by atoms with Crippen LogP contribution in [-0.4, -0.2) is 17.0 Å². The molecule has 0 aromatic rings. The highest BCUT2D eigenvalue weighted by Crippen LogP contribution is 2.52. The molecular weight excluding hydrogens is 176 g/mol. The molecule has 1 aliphatic carbocycles. The highest BCUT2D eigenvalue weighted by molar-refractivity contribution is 5.25. The number of hydrogen-bond donors (Lipinski definition) is 1. The van der Waals surface area contributed by atoms with E-state index in [0.717, 1.165) is 25.7 Å². The molecule has 2 aliphatic rings. The first-order valence-electron chi connectivity index (χ1n) is 5.51. The van der Waals surface area contributed by atoms with Gasteiger partial charge < -0.3 is 9.84 Å². The zero-order valence-corrected chi connectivity index (χ0v) is 9.34. The predicted molar refractivity (Wildman–Crippen MR) is 55.8 cm³/mol. The number of ether oxygens (including phenoxy) is 1. The van der Waals surface area contributed by atoms with E-state index < -0.39 is 6.29 Å². The van der Waals surface area contributed by atoms with Crippen LogP contribution < -0.4 is 0 Å². The Labute approximate surface area is 86.0 Å². The number of aliphatic hydroxyl groups is 1. The summed E-state index contributed by atoms with van der Waals surface area (Å²) in [6.45, 7) is 6.64. The molecule has 1 N–H and O–H groups in total. The van der Waals surface area contributed by atoms with Crippen LogP contribution in [0, 0.1) is 5.41 Å². The molecule has 0 amide bonds. The zero-order valence-electron chi connectivity index (χ0n) is 9.34. The number of allylic oxidation sites excluding steroid dienone is 1. The summed E-state index contributed by atoms with van der Waals surface area (Å²) in [5.41, 5.74) is 1.28. The predicted octanol–water partition coefficient (Wildman–Crippen LogP) is 2.62. The van der Waals surface area contributed by atoms with Crippen LogP contribution in [0.25, 0.3) is 0 Å². The zero-order chi connectivity index (χ0) is 10.4. The topological polar surface area (TPSA) is 29.5 Å². The summed E-state index contributed by atoms with van der Waals surface area (Å²) >= 11 is 0. The van der Waals surface area contributed by atoms with Gasteiger partial charge in [-0.3, -0.25) is 0 Å². The molecule has 2 heteroatoms. The minimum absolute atomic E-state index is 0.156. The fourth-order valence-corrected chi connectivity index (χ4v) is 3.01. The van der Waals surface area contributed by atoms with Crippen molar-refractivity contribution in [3.8, 4) is 0 Å². The molecule has 1 fully saturated rings. The molecule has 1 aliphatic heterocycles. The molecule has 80 valence electrons. The molecule has 14 heavy (non-hydrogen) atoms. The standard InChI is InChI=1S/C12H20O2/c1-9-5-4-7-11(2,3)12(9)8-6-10(13)14-12/h5,10,13H,4,6-8H2,1-3H3. The van der Waals surface area contributed by atoms with E-state index in [-0.39, 0.29) is 11.0 Å². The summed E-state index contributed by atoms with van der Waals surface area (Å²) in [6, 6.07) is 0. The van der Waals surface area contributed by atoms with E-state index in [1.165, 1.54) is 5.57 Å². The minimum atomic E-state index is -0.560. The van der Waals surface area contributed by atoms with Crippen molar-refractivity contribution in [3.05, 3.63) is 11.6 Å². The average Bonchev–Trinajstić information content (AvgIpc) is 2.46. The molecule has 0 saturated carbocycles. The fraction of sp³-hybridized carbons (Fsp3) is 0.833. The molecule has 0 aromatic carbocycles. The number of hydrogen-bond acceptors (Lipinski definition) is 2.